The molecule has 4 nitrogen and oxygen atoms in total. The van der Waals surface area contributed by atoms with Gasteiger partial charge in [0.15, 0.2) is 5.84 Å². The molecule has 1 atom stereocenters. The predicted octanol–water partition coefficient (Wildman–Crippen LogP) is 0.336. The first kappa shape index (κ1) is 9.54. The molecule has 0 aliphatic heterocycles. The maximum Gasteiger partial charge on any atom is 0.168 e. The number of nitrogens with zero attached hydrogens (tertiary/aromatic N) is 1. The summed E-state index contributed by atoms with van der Waals surface area (Å²) in [6, 6.07) is 9.36. The van der Waals surface area contributed by atoms with E-state index in [1.165, 1.54) is 0 Å². The second kappa shape index (κ2) is 4.47. The fraction of sp³-hybridized carbons (Fsp3) is 0.222. The lowest BCUT2D eigenvalue weighted by molar-refractivity contribution is 0.229. The minimum absolute atomic E-state index is 0.163. The lowest BCUT2D eigenvalue weighted by Crippen LogP contribution is -2.30. The van der Waals surface area contributed by atoms with Gasteiger partial charge in [-0.1, -0.05) is 35.5 Å². The highest BCUT2D eigenvalue weighted by Crippen LogP contribution is 2.02. The first-order valence-corrected chi connectivity index (χ1v) is 3.93. The van der Waals surface area contributed by atoms with Gasteiger partial charge in [0.1, 0.15) is 6.10 Å². The Labute approximate surface area is 76.3 Å². The van der Waals surface area contributed by atoms with Crippen molar-refractivity contribution >= 4 is 5.84 Å². The average Bonchev–Trinajstić information content (AvgIpc) is 2.18. The van der Waals surface area contributed by atoms with Crippen LogP contribution in [0.1, 0.15) is 5.56 Å². The molecule has 4 heteroatoms. The summed E-state index contributed by atoms with van der Waals surface area (Å²) in [6.07, 6.45) is -0.566. The molecule has 0 saturated carbocycles. The van der Waals surface area contributed by atoms with Crippen molar-refractivity contribution in [1.29, 1.82) is 0 Å². The van der Waals surface area contributed by atoms with E-state index in [1.54, 1.807) is 0 Å². The van der Waals surface area contributed by atoms with Crippen molar-refractivity contribution in [2.24, 2.45) is 10.9 Å². The van der Waals surface area contributed by atoms with Gasteiger partial charge in [-0.15, -0.1) is 0 Å². The Hall–Kier alpha value is -1.55. The van der Waals surface area contributed by atoms with Gasteiger partial charge in [0.2, 0.25) is 0 Å². The lowest BCUT2D eigenvalue weighted by Gasteiger charge is -2.07. The quantitative estimate of drug-likeness (QED) is 0.271. The maximum atomic E-state index is 9.36. The molecule has 0 aliphatic carbocycles. The van der Waals surface area contributed by atoms with E-state index >= 15 is 0 Å². The monoisotopic (exact) mass is 180 g/mol. The van der Waals surface area contributed by atoms with Crippen LogP contribution in [0, 0.1) is 0 Å². The first-order valence-electron chi connectivity index (χ1n) is 3.93. The molecule has 0 bridgehead atoms. The molecule has 0 fully saturated rings. The van der Waals surface area contributed by atoms with Gasteiger partial charge < -0.3 is 16.0 Å². The fourth-order valence-electron chi connectivity index (χ4n) is 1.01. The van der Waals surface area contributed by atoms with Crippen LogP contribution in [-0.2, 0) is 6.42 Å². The Balaban J connectivity index is 2.60. The van der Waals surface area contributed by atoms with E-state index in [9.17, 15) is 5.11 Å². The number of hydrogen-bond acceptors (Lipinski definition) is 3. The zero-order chi connectivity index (χ0) is 9.68. The molecule has 1 aromatic carbocycles. The van der Waals surface area contributed by atoms with Gasteiger partial charge in [-0.25, -0.2) is 0 Å². The van der Waals surface area contributed by atoms with Crippen LogP contribution in [0.4, 0.5) is 0 Å². The smallest absolute Gasteiger partial charge is 0.168 e. The van der Waals surface area contributed by atoms with Crippen molar-refractivity contribution in [3.05, 3.63) is 35.9 Å². The predicted molar refractivity (Wildman–Crippen MR) is 49.6 cm³/mol. The number of benzene rings is 1. The average molecular weight is 180 g/mol. The van der Waals surface area contributed by atoms with Crippen molar-refractivity contribution in [2.75, 3.05) is 0 Å². The van der Waals surface area contributed by atoms with Gasteiger partial charge in [0.05, 0.1) is 0 Å². The Morgan fingerprint density at radius 2 is 2.00 bits per heavy atom. The summed E-state index contributed by atoms with van der Waals surface area (Å²) in [5.74, 6) is -0.163. The molecule has 0 radical (unpaired) electrons. The van der Waals surface area contributed by atoms with Crippen LogP contribution in [0.3, 0.4) is 0 Å². The van der Waals surface area contributed by atoms with Gasteiger partial charge in [-0.05, 0) is 5.56 Å². The van der Waals surface area contributed by atoms with Crippen LogP contribution in [0.2, 0.25) is 0 Å². The minimum Gasteiger partial charge on any atom is -0.409 e. The molecule has 1 aromatic rings. The Bertz CT molecular complexity index is 285. The number of aliphatic hydroxyl groups is 1. The van der Waals surface area contributed by atoms with E-state index in [0.717, 1.165) is 5.56 Å². The summed E-state index contributed by atoms with van der Waals surface area (Å²) in [7, 11) is 0. The van der Waals surface area contributed by atoms with E-state index in [2.05, 4.69) is 5.16 Å². The van der Waals surface area contributed by atoms with Crippen LogP contribution in [0.5, 0.6) is 0 Å². The molecular weight excluding hydrogens is 168 g/mol. The Kier molecular flexibility index (Phi) is 3.28. The van der Waals surface area contributed by atoms with E-state index < -0.39 is 6.10 Å². The molecular formula is C9H12N2O2. The van der Waals surface area contributed by atoms with Gasteiger partial charge >= 0.3 is 0 Å². The molecule has 0 aromatic heterocycles. The van der Waals surface area contributed by atoms with Crippen LogP contribution in [-0.4, -0.2) is 22.3 Å². The zero-order valence-corrected chi connectivity index (χ0v) is 7.09. The van der Waals surface area contributed by atoms with Gasteiger partial charge in [0.25, 0.3) is 0 Å². The summed E-state index contributed by atoms with van der Waals surface area (Å²) in [5.41, 5.74) is 6.16. The normalized spacial score (nSPS) is 14.1. The van der Waals surface area contributed by atoms with Crippen molar-refractivity contribution in [3.8, 4) is 0 Å². The summed E-state index contributed by atoms with van der Waals surface area (Å²) >= 11 is 0. The second-order valence-corrected chi connectivity index (χ2v) is 2.73. The maximum absolute atomic E-state index is 9.36. The largest absolute Gasteiger partial charge is 0.409 e. The van der Waals surface area contributed by atoms with Crippen molar-refractivity contribution in [2.45, 2.75) is 12.5 Å². The molecule has 0 spiro atoms. The van der Waals surface area contributed by atoms with Crippen LogP contribution >= 0.6 is 0 Å². The van der Waals surface area contributed by atoms with Gasteiger partial charge in [0, 0.05) is 6.42 Å². The Morgan fingerprint density at radius 3 is 2.54 bits per heavy atom. The summed E-state index contributed by atoms with van der Waals surface area (Å²) < 4.78 is 0. The van der Waals surface area contributed by atoms with Crippen LogP contribution < -0.4 is 5.73 Å². The molecule has 0 aliphatic rings. The number of oxime groups is 1. The number of nitrogens with two attached hydrogens (primary N) is 1. The molecule has 0 amide bonds. The van der Waals surface area contributed by atoms with Crippen molar-refractivity contribution < 1.29 is 10.3 Å². The highest BCUT2D eigenvalue weighted by atomic mass is 16.4. The zero-order valence-electron chi connectivity index (χ0n) is 7.09. The van der Waals surface area contributed by atoms with Crippen LogP contribution in [0.25, 0.3) is 0 Å². The topological polar surface area (TPSA) is 78.8 Å². The molecule has 0 heterocycles. The minimum atomic E-state index is -0.924. The van der Waals surface area contributed by atoms with E-state index in [1.807, 2.05) is 30.3 Å². The number of aliphatic hydroxyl groups excluding tert-OH is 1. The van der Waals surface area contributed by atoms with E-state index in [0.29, 0.717) is 6.42 Å². The fourth-order valence-corrected chi connectivity index (χ4v) is 1.01. The van der Waals surface area contributed by atoms with Crippen molar-refractivity contribution in [1.82, 2.24) is 0 Å². The van der Waals surface area contributed by atoms with Crippen molar-refractivity contribution in [3.63, 3.8) is 0 Å². The molecule has 70 valence electrons. The number of hydrogen-bond donors (Lipinski definition) is 3. The molecule has 0 saturated heterocycles. The standard InChI is InChI=1S/C9H12N2O2/c10-9(11-13)8(12)6-7-4-2-1-3-5-7/h1-5,8,12-13H,6H2,(H2,10,11). The molecule has 1 unspecified atom stereocenters. The Morgan fingerprint density at radius 1 is 1.38 bits per heavy atom. The SMILES string of the molecule is N/C(=N\O)C(O)Cc1ccccc1. The van der Waals surface area contributed by atoms with E-state index in [4.69, 9.17) is 10.9 Å². The van der Waals surface area contributed by atoms with Gasteiger partial charge in [-0.2, -0.15) is 0 Å². The third kappa shape index (κ3) is 2.76. The number of amidine groups is 1. The third-order valence-electron chi connectivity index (χ3n) is 1.73. The summed E-state index contributed by atoms with van der Waals surface area (Å²) in [5, 5.41) is 20.4. The highest BCUT2D eigenvalue weighted by molar-refractivity contribution is 5.84. The van der Waals surface area contributed by atoms with Crippen LogP contribution in [0.15, 0.2) is 35.5 Å². The lowest BCUT2D eigenvalue weighted by atomic mass is 10.1. The van der Waals surface area contributed by atoms with E-state index in [-0.39, 0.29) is 5.84 Å². The number of rotatable bonds is 3. The van der Waals surface area contributed by atoms with Gasteiger partial charge in [-0.3, -0.25) is 0 Å². The molecule has 13 heavy (non-hydrogen) atoms. The summed E-state index contributed by atoms with van der Waals surface area (Å²) in [6.45, 7) is 0. The highest BCUT2D eigenvalue weighted by Gasteiger charge is 2.09. The molecule has 4 N–H and O–H groups in total. The third-order valence-corrected chi connectivity index (χ3v) is 1.73. The second-order valence-electron chi connectivity index (χ2n) is 2.73. The summed E-state index contributed by atoms with van der Waals surface area (Å²) in [4.78, 5) is 0. The first-order chi connectivity index (χ1) is 6.24. The molecule has 1 rings (SSSR count).